The number of hydrogen-bond acceptors (Lipinski definition) is 4. The van der Waals surface area contributed by atoms with Gasteiger partial charge >= 0.3 is 5.97 Å². The number of aromatic hydroxyl groups is 1. The second kappa shape index (κ2) is 4.13. The van der Waals surface area contributed by atoms with Crippen molar-refractivity contribution in [3.05, 3.63) is 53.5 Å². The first-order valence-corrected chi connectivity index (χ1v) is 4.75. The number of furan rings is 1. The van der Waals surface area contributed by atoms with E-state index in [9.17, 15) is 9.59 Å². The fraction of sp³-hybridized carbons (Fsp3) is 0. The van der Waals surface area contributed by atoms with Crippen LogP contribution in [0.5, 0.6) is 5.75 Å². The summed E-state index contributed by atoms with van der Waals surface area (Å²) in [5, 5.41) is 17.7. The molecule has 5 heteroatoms. The minimum atomic E-state index is -1.23. The fourth-order valence-corrected chi connectivity index (χ4v) is 1.33. The van der Waals surface area contributed by atoms with E-state index in [1.54, 1.807) is 0 Å². The van der Waals surface area contributed by atoms with Gasteiger partial charge in [0.15, 0.2) is 5.76 Å². The lowest BCUT2D eigenvalue weighted by atomic mass is 10.1. The fourth-order valence-electron chi connectivity index (χ4n) is 1.33. The van der Waals surface area contributed by atoms with Crippen molar-refractivity contribution in [3.8, 4) is 5.75 Å². The quantitative estimate of drug-likeness (QED) is 0.789. The van der Waals surface area contributed by atoms with Crippen molar-refractivity contribution in [3.63, 3.8) is 0 Å². The third-order valence-corrected chi connectivity index (χ3v) is 2.17. The summed E-state index contributed by atoms with van der Waals surface area (Å²) in [7, 11) is 0. The maximum absolute atomic E-state index is 11.8. The molecule has 0 unspecified atom stereocenters. The summed E-state index contributed by atoms with van der Waals surface area (Å²) >= 11 is 0. The summed E-state index contributed by atoms with van der Waals surface area (Å²) in [6.07, 6.45) is 0. The number of rotatable bonds is 3. The number of phenolic OH excluding ortho intramolecular Hbond substituents is 1. The number of carbonyl (C=O) groups is 2. The molecule has 1 heterocycles. The normalized spacial score (nSPS) is 10.1. The van der Waals surface area contributed by atoms with Crippen LogP contribution in [-0.4, -0.2) is 22.0 Å². The molecule has 2 aromatic rings. The summed E-state index contributed by atoms with van der Waals surface area (Å²) in [4.78, 5) is 22.4. The average molecular weight is 232 g/mol. The number of aromatic carboxylic acids is 1. The van der Waals surface area contributed by atoms with Gasteiger partial charge in [-0.2, -0.15) is 0 Å². The number of ketones is 1. The number of phenols is 1. The standard InChI is InChI=1S/C12H8O5/c13-8-3-1-7(2-4-8)11(14)9-5-6-10(17-9)12(15)16/h1-6,13H,(H,15,16). The molecule has 2 rings (SSSR count). The number of carbonyl (C=O) groups excluding carboxylic acids is 1. The highest BCUT2D eigenvalue weighted by atomic mass is 16.4. The summed E-state index contributed by atoms with van der Waals surface area (Å²) in [6, 6.07) is 8.12. The molecule has 0 amide bonds. The Morgan fingerprint density at radius 2 is 1.53 bits per heavy atom. The lowest BCUT2D eigenvalue weighted by molar-refractivity contribution is 0.0660. The molecule has 1 aromatic carbocycles. The highest BCUT2D eigenvalue weighted by Crippen LogP contribution is 2.16. The highest BCUT2D eigenvalue weighted by Gasteiger charge is 2.16. The van der Waals surface area contributed by atoms with Gasteiger partial charge in [-0.15, -0.1) is 0 Å². The Balaban J connectivity index is 2.30. The molecule has 0 aliphatic heterocycles. The van der Waals surface area contributed by atoms with Crippen LogP contribution in [0.1, 0.15) is 26.7 Å². The summed E-state index contributed by atoms with van der Waals surface area (Å²) in [6.45, 7) is 0. The molecule has 5 nitrogen and oxygen atoms in total. The van der Waals surface area contributed by atoms with E-state index in [4.69, 9.17) is 14.6 Å². The van der Waals surface area contributed by atoms with Crippen molar-refractivity contribution in [2.45, 2.75) is 0 Å². The van der Waals surface area contributed by atoms with Crippen molar-refractivity contribution in [2.24, 2.45) is 0 Å². The molecular formula is C12H8O5. The first kappa shape index (κ1) is 10.9. The third-order valence-electron chi connectivity index (χ3n) is 2.17. The summed E-state index contributed by atoms with van der Waals surface area (Å²) in [5.41, 5.74) is 0.314. The number of hydrogen-bond donors (Lipinski definition) is 2. The molecule has 1 aromatic heterocycles. The molecule has 0 saturated heterocycles. The molecule has 0 bridgehead atoms. The van der Waals surface area contributed by atoms with Gasteiger partial charge in [-0.3, -0.25) is 4.79 Å². The lowest BCUT2D eigenvalue weighted by Crippen LogP contribution is -1.99. The van der Waals surface area contributed by atoms with Crippen LogP contribution in [0.15, 0.2) is 40.8 Å². The molecule has 0 saturated carbocycles. The zero-order chi connectivity index (χ0) is 12.4. The van der Waals surface area contributed by atoms with Gasteiger partial charge < -0.3 is 14.6 Å². The lowest BCUT2D eigenvalue weighted by Gasteiger charge is -1.97. The topological polar surface area (TPSA) is 87.7 Å². The van der Waals surface area contributed by atoms with Gasteiger partial charge in [0.1, 0.15) is 5.75 Å². The summed E-state index contributed by atoms with van der Waals surface area (Å²) < 4.78 is 4.88. The zero-order valence-electron chi connectivity index (χ0n) is 8.58. The van der Waals surface area contributed by atoms with E-state index in [2.05, 4.69) is 0 Å². The molecule has 0 spiro atoms. The first-order chi connectivity index (χ1) is 8.08. The highest BCUT2D eigenvalue weighted by molar-refractivity contribution is 6.07. The van der Waals surface area contributed by atoms with Gasteiger partial charge in [-0.1, -0.05) is 0 Å². The van der Waals surface area contributed by atoms with E-state index >= 15 is 0 Å². The van der Waals surface area contributed by atoms with E-state index in [0.29, 0.717) is 5.56 Å². The van der Waals surface area contributed by atoms with Crippen molar-refractivity contribution >= 4 is 11.8 Å². The van der Waals surface area contributed by atoms with Gasteiger partial charge in [0.05, 0.1) is 0 Å². The van der Waals surface area contributed by atoms with Crippen LogP contribution in [-0.2, 0) is 0 Å². The Hall–Kier alpha value is -2.56. The molecule has 0 aliphatic carbocycles. The van der Waals surface area contributed by atoms with Crippen LogP contribution in [0.2, 0.25) is 0 Å². The molecule has 17 heavy (non-hydrogen) atoms. The Morgan fingerprint density at radius 1 is 0.941 bits per heavy atom. The molecule has 86 valence electrons. The second-order valence-corrected chi connectivity index (χ2v) is 3.35. The van der Waals surface area contributed by atoms with Crippen LogP contribution < -0.4 is 0 Å². The third kappa shape index (κ3) is 2.17. The van der Waals surface area contributed by atoms with Gasteiger partial charge in [-0.05, 0) is 36.4 Å². The Bertz CT molecular complexity index is 565. The molecule has 0 fully saturated rings. The van der Waals surface area contributed by atoms with Crippen molar-refractivity contribution < 1.29 is 24.2 Å². The molecule has 0 atom stereocenters. The van der Waals surface area contributed by atoms with Crippen molar-refractivity contribution in [1.29, 1.82) is 0 Å². The maximum atomic E-state index is 11.8. The Kier molecular flexibility index (Phi) is 2.66. The van der Waals surface area contributed by atoms with E-state index in [-0.39, 0.29) is 17.3 Å². The van der Waals surface area contributed by atoms with Crippen LogP contribution in [0.3, 0.4) is 0 Å². The first-order valence-electron chi connectivity index (χ1n) is 4.75. The van der Waals surface area contributed by atoms with Crippen LogP contribution >= 0.6 is 0 Å². The molecule has 2 N–H and O–H groups in total. The predicted octanol–water partition coefficient (Wildman–Crippen LogP) is 1.91. The van der Waals surface area contributed by atoms with Crippen LogP contribution in [0, 0.1) is 0 Å². The monoisotopic (exact) mass is 232 g/mol. The van der Waals surface area contributed by atoms with Crippen molar-refractivity contribution in [2.75, 3.05) is 0 Å². The van der Waals surface area contributed by atoms with Gasteiger partial charge in [-0.25, -0.2) is 4.79 Å². The van der Waals surface area contributed by atoms with Gasteiger partial charge in [0, 0.05) is 5.56 Å². The minimum absolute atomic E-state index is 0.0481. The average Bonchev–Trinajstić information content (AvgIpc) is 2.78. The zero-order valence-corrected chi connectivity index (χ0v) is 8.58. The summed E-state index contributed by atoms with van der Waals surface area (Å²) in [5.74, 6) is -1.94. The number of benzene rings is 1. The van der Waals surface area contributed by atoms with E-state index < -0.39 is 11.8 Å². The van der Waals surface area contributed by atoms with Crippen LogP contribution in [0.4, 0.5) is 0 Å². The van der Waals surface area contributed by atoms with Gasteiger partial charge in [0.25, 0.3) is 0 Å². The van der Waals surface area contributed by atoms with E-state index in [1.165, 1.54) is 36.4 Å². The predicted molar refractivity (Wildman–Crippen MR) is 57.2 cm³/mol. The molecule has 0 aliphatic rings. The maximum Gasteiger partial charge on any atom is 0.371 e. The molecule has 0 radical (unpaired) electrons. The van der Waals surface area contributed by atoms with E-state index in [0.717, 1.165) is 0 Å². The molecular weight excluding hydrogens is 224 g/mol. The van der Waals surface area contributed by atoms with Crippen LogP contribution in [0.25, 0.3) is 0 Å². The smallest absolute Gasteiger partial charge is 0.371 e. The second-order valence-electron chi connectivity index (χ2n) is 3.35. The Labute approximate surface area is 95.9 Å². The number of carboxylic acid groups (broad SMARTS) is 1. The Morgan fingerprint density at radius 3 is 2.06 bits per heavy atom. The minimum Gasteiger partial charge on any atom is -0.508 e. The SMILES string of the molecule is O=C(O)c1ccc(C(=O)c2ccc(O)cc2)o1. The number of carboxylic acids is 1. The van der Waals surface area contributed by atoms with Gasteiger partial charge in [0.2, 0.25) is 11.5 Å². The van der Waals surface area contributed by atoms with Crippen molar-refractivity contribution in [1.82, 2.24) is 0 Å². The van der Waals surface area contributed by atoms with E-state index in [1.807, 2.05) is 0 Å². The largest absolute Gasteiger partial charge is 0.508 e.